The summed E-state index contributed by atoms with van der Waals surface area (Å²) in [7, 11) is 0. The van der Waals surface area contributed by atoms with Gasteiger partial charge in [-0.2, -0.15) is 11.8 Å². The lowest BCUT2D eigenvalue weighted by atomic mass is 10.0. The Morgan fingerprint density at radius 1 is 1.05 bits per heavy atom. The van der Waals surface area contributed by atoms with Crippen molar-refractivity contribution < 1.29 is 4.79 Å². The highest BCUT2D eigenvalue weighted by molar-refractivity contribution is 8.00. The average Bonchev–Trinajstić information content (AvgIpc) is 2.99. The van der Waals surface area contributed by atoms with Crippen molar-refractivity contribution in [3.05, 3.63) is 48.0 Å². The highest BCUT2D eigenvalue weighted by Gasteiger charge is 2.17. The van der Waals surface area contributed by atoms with Crippen LogP contribution in [0.3, 0.4) is 0 Å². The van der Waals surface area contributed by atoms with Gasteiger partial charge in [-0.3, -0.25) is 4.79 Å². The molecule has 0 N–H and O–H groups in total. The van der Waals surface area contributed by atoms with Gasteiger partial charge in [0.15, 0.2) is 0 Å². The fourth-order valence-electron chi connectivity index (χ4n) is 2.98. The Kier molecular flexibility index (Phi) is 4.41. The molecule has 0 unspecified atom stereocenters. The molecule has 20 heavy (non-hydrogen) atoms. The largest absolute Gasteiger partial charge is 0.298 e. The van der Waals surface area contributed by atoms with Crippen molar-refractivity contribution in [2.24, 2.45) is 0 Å². The van der Waals surface area contributed by atoms with E-state index in [0.717, 1.165) is 5.25 Å². The summed E-state index contributed by atoms with van der Waals surface area (Å²) in [5, 5.41) is 3.17. The van der Waals surface area contributed by atoms with E-state index in [-0.39, 0.29) is 0 Å². The number of carbonyl (C=O) groups excluding carboxylic acids is 1. The molecule has 0 radical (unpaired) electrons. The highest BCUT2D eigenvalue weighted by Crippen LogP contribution is 2.29. The maximum Gasteiger partial charge on any atom is 0.147 e. The van der Waals surface area contributed by atoms with Gasteiger partial charge in [0.25, 0.3) is 0 Å². The van der Waals surface area contributed by atoms with E-state index in [2.05, 4.69) is 30.3 Å². The normalized spacial score (nSPS) is 15.8. The Hall–Kier alpha value is -1.28. The zero-order valence-electron chi connectivity index (χ0n) is 11.7. The molecule has 2 aromatic rings. The van der Waals surface area contributed by atoms with Crippen LogP contribution in [-0.4, -0.2) is 16.8 Å². The molecule has 1 saturated carbocycles. The summed E-state index contributed by atoms with van der Waals surface area (Å²) >= 11 is 1.87. The van der Waals surface area contributed by atoms with Crippen molar-refractivity contribution >= 4 is 28.3 Å². The van der Waals surface area contributed by atoms with Gasteiger partial charge in [-0.05, 0) is 29.2 Å². The van der Waals surface area contributed by atoms with Gasteiger partial charge >= 0.3 is 0 Å². The van der Waals surface area contributed by atoms with Crippen molar-refractivity contribution in [1.29, 1.82) is 0 Å². The number of thioether (sulfide) groups is 1. The zero-order valence-corrected chi connectivity index (χ0v) is 12.5. The van der Waals surface area contributed by atoms with Crippen LogP contribution in [0.5, 0.6) is 0 Å². The maximum absolute atomic E-state index is 12.2. The first-order chi connectivity index (χ1) is 9.83. The maximum atomic E-state index is 12.2. The molecule has 1 aliphatic carbocycles. The van der Waals surface area contributed by atoms with Crippen LogP contribution in [0.4, 0.5) is 0 Å². The van der Waals surface area contributed by atoms with Crippen LogP contribution in [0.2, 0.25) is 0 Å². The first kappa shape index (κ1) is 13.7. The smallest absolute Gasteiger partial charge is 0.147 e. The molecule has 0 bridgehead atoms. The third kappa shape index (κ3) is 3.24. The van der Waals surface area contributed by atoms with Crippen molar-refractivity contribution in [2.45, 2.75) is 37.4 Å². The molecule has 1 fully saturated rings. The van der Waals surface area contributed by atoms with Crippen LogP contribution in [0, 0.1) is 0 Å². The van der Waals surface area contributed by atoms with E-state index in [1.807, 2.05) is 23.9 Å². The molecule has 0 atom stereocenters. The minimum Gasteiger partial charge on any atom is -0.298 e. The molecule has 104 valence electrons. The first-order valence-corrected chi connectivity index (χ1v) is 8.48. The van der Waals surface area contributed by atoms with Gasteiger partial charge in [0.2, 0.25) is 0 Å². The highest BCUT2D eigenvalue weighted by atomic mass is 32.2. The predicted octanol–water partition coefficient (Wildman–Crippen LogP) is 4.63. The summed E-state index contributed by atoms with van der Waals surface area (Å²) in [4.78, 5) is 12.2. The van der Waals surface area contributed by atoms with E-state index < -0.39 is 0 Å². The fraction of sp³-hybridized carbons (Fsp3) is 0.389. The van der Waals surface area contributed by atoms with E-state index >= 15 is 0 Å². The topological polar surface area (TPSA) is 17.1 Å². The first-order valence-electron chi connectivity index (χ1n) is 7.43. The molecule has 0 aromatic heterocycles. The lowest BCUT2D eigenvalue weighted by Gasteiger charge is -2.09. The zero-order chi connectivity index (χ0) is 13.8. The molecule has 2 heteroatoms. The monoisotopic (exact) mass is 284 g/mol. The van der Waals surface area contributed by atoms with E-state index in [1.165, 1.54) is 42.0 Å². The van der Waals surface area contributed by atoms with Gasteiger partial charge in [-0.15, -0.1) is 0 Å². The van der Waals surface area contributed by atoms with E-state index in [4.69, 9.17) is 0 Å². The SMILES string of the molecule is O=C(CSC1CCCC1)Cc1cccc2ccccc12. The van der Waals surface area contributed by atoms with Crippen LogP contribution >= 0.6 is 11.8 Å². The number of fused-ring (bicyclic) bond motifs is 1. The number of carbonyl (C=O) groups is 1. The van der Waals surface area contributed by atoms with Crippen molar-refractivity contribution in [2.75, 3.05) is 5.75 Å². The van der Waals surface area contributed by atoms with Crippen LogP contribution in [0.25, 0.3) is 10.8 Å². The summed E-state index contributed by atoms with van der Waals surface area (Å²) in [5.74, 6) is 1.03. The van der Waals surface area contributed by atoms with Gasteiger partial charge in [0.05, 0.1) is 5.75 Å². The van der Waals surface area contributed by atoms with Gasteiger partial charge in [0.1, 0.15) is 5.78 Å². The standard InChI is InChI=1S/C18H20OS/c19-16(13-20-17-9-2-3-10-17)12-15-8-5-7-14-6-1-4-11-18(14)15/h1,4-8,11,17H,2-3,9-10,12-13H2. The second kappa shape index (κ2) is 6.45. The van der Waals surface area contributed by atoms with Crippen LogP contribution in [-0.2, 0) is 11.2 Å². The average molecular weight is 284 g/mol. The Labute approximate surface area is 124 Å². The third-order valence-corrected chi connectivity index (χ3v) is 5.48. The lowest BCUT2D eigenvalue weighted by molar-refractivity contribution is -0.115. The van der Waals surface area contributed by atoms with Crippen LogP contribution in [0.1, 0.15) is 31.2 Å². The van der Waals surface area contributed by atoms with Crippen molar-refractivity contribution in [3.8, 4) is 0 Å². The molecule has 0 spiro atoms. The molecule has 3 rings (SSSR count). The fourth-order valence-corrected chi connectivity index (χ4v) is 4.17. The van der Waals surface area contributed by atoms with Crippen LogP contribution < -0.4 is 0 Å². The van der Waals surface area contributed by atoms with E-state index in [1.54, 1.807) is 0 Å². The molecule has 2 aromatic carbocycles. The number of Topliss-reactive ketones (excluding diaryl/α,β-unsaturated/α-hetero) is 1. The molecule has 1 aliphatic rings. The second-order valence-electron chi connectivity index (χ2n) is 5.57. The van der Waals surface area contributed by atoms with Crippen LogP contribution in [0.15, 0.2) is 42.5 Å². The third-order valence-electron chi connectivity index (χ3n) is 4.05. The van der Waals surface area contributed by atoms with E-state index in [9.17, 15) is 4.79 Å². The minimum atomic E-state index is 0.359. The summed E-state index contributed by atoms with van der Waals surface area (Å²) < 4.78 is 0. The number of hydrogen-bond donors (Lipinski definition) is 0. The Bertz CT molecular complexity index is 594. The molecule has 0 heterocycles. The number of hydrogen-bond acceptors (Lipinski definition) is 2. The molecule has 1 nitrogen and oxygen atoms in total. The number of rotatable bonds is 5. The quantitative estimate of drug-likeness (QED) is 0.796. The Morgan fingerprint density at radius 2 is 1.80 bits per heavy atom. The predicted molar refractivity (Wildman–Crippen MR) is 87.4 cm³/mol. The summed E-state index contributed by atoms with van der Waals surface area (Å²) in [6, 6.07) is 14.6. The summed E-state index contributed by atoms with van der Waals surface area (Å²) in [6.45, 7) is 0. The molecular formula is C18H20OS. The summed E-state index contributed by atoms with van der Waals surface area (Å²) in [6.07, 6.45) is 5.85. The molecular weight excluding hydrogens is 264 g/mol. The lowest BCUT2D eigenvalue weighted by Crippen LogP contribution is -2.09. The van der Waals surface area contributed by atoms with E-state index in [0.29, 0.717) is 18.0 Å². The molecule has 0 saturated heterocycles. The Morgan fingerprint density at radius 3 is 2.65 bits per heavy atom. The molecule has 0 amide bonds. The number of ketones is 1. The van der Waals surface area contributed by atoms with Crippen molar-refractivity contribution in [3.63, 3.8) is 0 Å². The van der Waals surface area contributed by atoms with Crippen molar-refractivity contribution in [1.82, 2.24) is 0 Å². The molecule has 0 aliphatic heterocycles. The Balaban J connectivity index is 1.65. The number of benzene rings is 2. The van der Waals surface area contributed by atoms with Gasteiger partial charge in [-0.1, -0.05) is 55.3 Å². The van der Waals surface area contributed by atoms with Gasteiger partial charge in [0, 0.05) is 11.7 Å². The van der Waals surface area contributed by atoms with Gasteiger partial charge < -0.3 is 0 Å². The summed E-state index contributed by atoms with van der Waals surface area (Å²) in [5.41, 5.74) is 1.17. The minimum absolute atomic E-state index is 0.359. The second-order valence-corrected chi connectivity index (χ2v) is 6.86. The van der Waals surface area contributed by atoms with Gasteiger partial charge in [-0.25, -0.2) is 0 Å².